The maximum atomic E-state index is 13.1. The Morgan fingerprint density at radius 3 is 0.944 bits per heavy atom. The summed E-state index contributed by atoms with van der Waals surface area (Å²) in [5, 5.41) is 0. The zero-order chi connectivity index (χ0) is 27.9. The maximum absolute atomic E-state index is 13.1. The van der Waals surface area contributed by atoms with Gasteiger partial charge in [0.2, 0.25) is 0 Å². The Morgan fingerprint density at radius 2 is 0.778 bits per heavy atom. The monoisotopic (exact) mass is 507 g/mol. The predicted molar refractivity (Wildman–Crippen MR) is 130 cm³/mol. The van der Waals surface area contributed by atoms with Crippen molar-refractivity contribution in [3.05, 3.63) is 67.9 Å². The van der Waals surface area contributed by atoms with E-state index in [1.165, 1.54) is 41.5 Å². The van der Waals surface area contributed by atoms with E-state index < -0.39 is 53.3 Å². The lowest BCUT2D eigenvalue weighted by atomic mass is 10.3. The minimum absolute atomic E-state index is 0.123. The number of rotatable bonds is 12. The molecule has 0 aliphatic heterocycles. The van der Waals surface area contributed by atoms with E-state index >= 15 is 0 Å². The molecule has 0 spiro atoms. The van der Waals surface area contributed by atoms with Crippen molar-refractivity contribution < 1.29 is 28.6 Å². The molecule has 3 atom stereocenters. The third kappa shape index (κ3) is 8.07. The first-order valence-electron chi connectivity index (χ1n) is 11.1. The van der Waals surface area contributed by atoms with E-state index in [9.17, 15) is 28.8 Å². The fourth-order valence-corrected chi connectivity index (χ4v) is 2.88. The molecule has 0 amide bonds. The lowest BCUT2D eigenvalue weighted by Gasteiger charge is -2.20. The summed E-state index contributed by atoms with van der Waals surface area (Å²) in [6.45, 7) is 18.0. The molecule has 0 N–H and O–H groups in total. The highest BCUT2D eigenvalue weighted by atomic mass is 16.6. The Morgan fingerprint density at radius 1 is 0.583 bits per heavy atom. The Balaban J connectivity index is 3.52. The van der Waals surface area contributed by atoms with Crippen LogP contribution in [-0.2, 0) is 48.2 Å². The molecule has 12 heteroatoms. The fourth-order valence-electron chi connectivity index (χ4n) is 2.88. The van der Waals surface area contributed by atoms with Crippen LogP contribution in [0, 0.1) is 0 Å². The van der Waals surface area contributed by atoms with Crippen LogP contribution in [0.5, 0.6) is 0 Å². The molecule has 1 aromatic heterocycles. The summed E-state index contributed by atoms with van der Waals surface area (Å²) in [7, 11) is 0. The number of carbonyl (C=O) groups excluding carboxylic acids is 3. The molecular weight excluding hydrogens is 474 g/mol. The van der Waals surface area contributed by atoms with Gasteiger partial charge >= 0.3 is 35.0 Å². The van der Waals surface area contributed by atoms with Gasteiger partial charge in [-0.2, -0.15) is 0 Å². The second-order valence-corrected chi connectivity index (χ2v) is 8.67. The third-order valence-corrected chi connectivity index (χ3v) is 4.67. The first kappa shape index (κ1) is 30.1. The van der Waals surface area contributed by atoms with Gasteiger partial charge in [0.25, 0.3) is 0 Å². The van der Waals surface area contributed by atoms with Crippen molar-refractivity contribution in [2.24, 2.45) is 0 Å². The number of hydrogen-bond donors (Lipinski definition) is 0. The summed E-state index contributed by atoms with van der Waals surface area (Å²) in [6, 6.07) is 0. The SMILES string of the molecule is C=C(C)C(=O)OC(C)Cn1c(=O)n(CC(C)OC(=O)C(=C)C)c(=O)n(CC(C)OC(=O)C(=C)C)c1=O. The topological polar surface area (TPSA) is 145 Å². The summed E-state index contributed by atoms with van der Waals surface area (Å²) >= 11 is 0. The van der Waals surface area contributed by atoms with Crippen molar-refractivity contribution in [2.75, 3.05) is 0 Å². The van der Waals surface area contributed by atoms with E-state index in [0.717, 1.165) is 13.7 Å². The molecule has 198 valence electrons. The lowest BCUT2D eigenvalue weighted by Crippen LogP contribution is -2.57. The number of nitrogens with zero attached hydrogens (tertiary/aromatic N) is 3. The van der Waals surface area contributed by atoms with E-state index in [-0.39, 0.29) is 36.4 Å². The number of hydrogen-bond acceptors (Lipinski definition) is 9. The van der Waals surface area contributed by atoms with Gasteiger partial charge in [-0.25, -0.2) is 42.5 Å². The molecule has 0 aliphatic rings. The minimum Gasteiger partial charge on any atom is -0.457 e. The highest BCUT2D eigenvalue weighted by Gasteiger charge is 2.23. The van der Waals surface area contributed by atoms with E-state index in [4.69, 9.17) is 14.2 Å². The van der Waals surface area contributed by atoms with Crippen molar-refractivity contribution in [1.82, 2.24) is 13.7 Å². The predicted octanol–water partition coefficient (Wildman–Crippen LogP) is 0.695. The second-order valence-electron chi connectivity index (χ2n) is 8.67. The minimum atomic E-state index is -0.996. The number of carbonyl (C=O) groups is 3. The van der Waals surface area contributed by atoms with Gasteiger partial charge < -0.3 is 14.2 Å². The highest BCUT2D eigenvalue weighted by Crippen LogP contribution is 2.03. The van der Waals surface area contributed by atoms with Crippen LogP contribution in [0.4, 0.5) is 0 Å². The zero-order valence-corrected chi connectivity index (χ0v) is 21.5. The molecule has 12 nitrogen and oxygen atoms in total. The van der Waals surface area contributed by atoms with Crippen LogP contribution in [0.25, 0.3) is 0 Å². The van der Waals surface area contributed by atoms with Crippen molar-refractivity contribution in [1.29, 1.82) is 0 Å². The molecule has 0 saturated heterocycles. The fraction of sp³-hybridized carbons (Fsp3) is 0.500. The van der Waals surface area contributed by atoms with Gasteiger partial charge in [-0.05, 0) is 41.5 Å². The van der Waals surface area contributed by atoms with Gasteiger partial charge in [0.15, 0.2) is 0 Å². The molecule has 1 aromatic rings. The summed E-state index contributed by atoms with van der Waals surface area (Å²) in [5.74, 6) is -2.15. The highest BCUT2D eigenvalue weighted by molar-refractivity contribution is 5.87. The molecular formula is C24H33N3O9. The summed E-state index contributed by atoms with van der Waals surface area (Å²) in [4.78, 5) is 74.9. The van der Waals surface area contributed by atoms with Crippen molar-refractivity contribution in [2.45, 2.75) is 79.5 Å². The Kier molecular flexibility index (Phi) is 10.6. The normalized spacial score (nSPS) is 13.2. The third-order valence-electron chi connectivity index (χ3n) is 4.67. The van der Waals surface area contributed by atoms with Crippen LogP contribution in [0.15, 0.2) is 50.8 Å². The molecule has 0 bridgehead atoms. The van der Waals surface area contributed by atoms with Crippen LogP contribution >= 0.6 is 0 Å². The van der Waals surface area contributed by atoms with Gasteiger partial charge in [-0.3, -0.25) is 0 Å². The quantitative estimate of drug-likeness (QED) is 0.227. The summed E-state index contributed by atoms with van der Waals surface area (Å²) in [6.07, 6.45) is -2.80. The van der Waals surface area contributed by atoms with Crippen LogP contribution in [0.2, 0.25) is 0 Å². The molecule has 0 fully saturated rings. The Hall–Kier alpha value is -3.96. The average Bonchev–Trinajstić information content (AvgIpc) is 2.76. The van der Waals surface area contributed by atoms with Crippen LogP contribution in [-0.4, -0.2) is 49.9 Å². The Labute approximate surface area is 208 Å². The van der Waals surface area contributed by atoms with Gasteiger partial charge in [0.05, 0.1) is 19.6 Å². The summed E-state index contributed by atoms with van der Waals surface area (Å²) in [5.41, 5.74) is -2.62. The molecule has 0 saturated carbocycles. The van der Waals surface area contributed by atoms with Crippen molar-refractivity contribution >= 4 is 17.9 Å². The first-order valence-corrected chi connectivity index (χ1v) is 11.1. The standard InChI is InChI=1S/C24H33N3O9/c1-13(2)19(28)34-16(7)10-25-22(31)26(11-17(8)35-20(29)14(3)4)24(33)27(23(25)32)12-18(9)36-21(30)15(5)6/h16-18H,1,3,5,10-12H2,2,4,6-9H3. The van der Waals surface area contributed by atoms with Crippen LogP contribution in [0.3, 0.4) is 0 Å². The molecule has 36 heavy (non-hydrogen) atoms. The number of ether oxygens (including phenoxy) is 3. The molecule has 0 radical (unpaired) electrons. The van der Waals surface area contributed by atoms with Gasteiger partial charge in [-0.1, -0.05) is 19.7 Å². The van der Waals surface area contributed by atoms with E-state index in [1.54, 1.807) is 0 Å². The van der Waals surface area contributed by atoms with Crippen molar-refractivity contribution in [3.8, 4) is 0 Å². The maximum Gasteiger partial charge on any atom is 0.336 e. The van der Waals surface area contributed by atoms with E-state index in [1.807, 2.05) is 0 Å². The van der Waals surface area contributed by atoms with E-state index in [0.29, 0.717) is 0 Å². The Bertz CT molecular complexity index is 1070. The largest absolute Gasteiger partial charge is 0.457 e. The van der Waals surface area contributed by atoms with Crippen LogP contribution in [0.1, 0.15) is 41.5 Å². The molecule has 1 rings (SSSR count). The van der Waals surface area contributed by atoms with Gasteiger partial charge in [0.1, 0.15) is 18.3 Å². The van der Waals surface area contributed by atoms with Gasteiger partial charge in [0, 0.05) is 16.7 Å². The van der Waals surface area contributed by atoms with Crippen LogP contribution < -0.4 is 17.1 Å². The smallest absolute Gasteiger partial charge is 0.336 e. The van der Waals surface area contributed by atoms with Gasteiger partial charge in [-0.15, -0.1) is 0 Å². The molecule has 3 unspecified atom stereocenters. The van der Waals surface area contributed by atoms with E-state index in [2.05, 4.69) is 19.7 Å². The second kappa shape index (κ2) is 12.7. The van der Waals surface area contributed by atoms with Crippen molar-refractivity contribution in [3.63, 3.8) is 0 Å². The summed E-state index contributed by atoms with van der Waals surface area (Å²) < 4.78 is 17.7. The molecule has 0 aromatic carbocycles. The number of aromatic nitrogens is 3. The first-order chi connectivity index (χ1) is 16.6. The molecule has 1 heterocycles. The lowest BCUT2D eigenvalue weighted by molar-refractivity contribution is -0.144. The number of esters is 3. The zero-order valence-electron chi connectivity index (χ0n) is 21.5. The average molecular weight is 508 g/mol. The molecule has 0 aliphatic carbocycles.